The third kappa shape index (κ3) is 2.33. The number of rotatable bonds is 3. The molecule has 1 aliphatic heterocycles. The SMILES string of the molecule is CCN1CCN(C(=O)C2(c3ccc(F)cc3)CC2)CC1. The van der Waals surface area contributed by atoms with Crippen LogP contribution in [0.5, 0.6) is 0 Å². The third-order valence-corrected chi connectivity index (χ3v) is 4.66. The van der Waals surface area contributed by atoms with E-state index in [1.165, 1.54) is 12.1 Å². The van der Waals surface area contributed by atoms with Gasteiger partial charge in [0.1, 0.15) is 5.82 Å². The minimum Gasteiger partial charge on any atom is -0.339 e. The molecule has 0 N–H and O–H groups in total. The van der Waals surface area contributed by atoms with Crippen molar-refractivity contribution in [3.05, 3.63) is 35.6 Å². The number of halogens is 1. The van der Waals surface area contributed by atoms with Gasteiger partial charge in [-0.15, -0.1) is 0 Å². The Morgan fingerprint density at radius 1 is 1.15 bits per heavy atom. The van der Waals surface area contributed by atoms with E-state index in [0.29, 0.717) is 0 Å². The van der Waals surface area contributed by atoms with Crippen LogP contribution in [0.1, 0.15) is 25.3 Å². The average Bonchev–Trinajstić information content (AvgIpc) is 3.29. The number of carbonyl (C=O) groups is 1. The van der Waals surface area contributed by atoms with Crippen molar-refractivity contribution in [3.8, 4) is 0 Å². The summed E-state index contributed by atoms with van der Waals surface area (Å²) in [5.74, 6) is -0.00609. The Morgan fingerprint density at radius 2 is 1.75 bits per heavy atom. The van der Waals surface area contributed by atoms with Gasteiger partial charge in [0.25, 0.3) is 0 Å². The molecule has 1 heterocycles. The summed E-state index contributed by atoms with van der Waals surface area (Å²) in [6.07, 6.45) is 1.79. The molecular formula is C16H21FN2O. The van der Waals surface area contributed by atoms with Gasteiger partial charge in [-0.2, -0.15) is 0 Å². The smallest absolute Gasteiger partial charge is 0.233 e. The van der Waals surface area contributed by atoms with Crippen molar-refractivity contribution in [2.24, 2.45) is 0 Å². The van der Waals surface area contributed by atoms with Crippen LogP contribution >= 0.6 is 0 Å². The minimum atomic E-state index is -0.359. The van der Waals surface area contributed by atoms with Crippen molar-refractivity contribution in [2.75, 3.05) is 32.7 Å². The van der Waals surface area contributed by atoms with Crippen LogP contribution in [0.25, 0.3) is 0 Å². The molecule has 1 aliphatic carbocycles. The minimum absolute atomic E-state index is 0.236. The normalized spacial score (nSPS) is 21.8. The van der Waals surface area contributed by atoms with E-state index in [-0.39, 0.29) is 17.1 Å². The molecule has 0 atom stereocenters. The maximum atomic E-state index is 13.0. The van der Waals surface area contributed by atoms with Gasteiger partial charge in [-0.05, 0) is 37.1 Å². The molecule has 0 bridgehead atoms. The Labute approximate surface area is 119 Å². The molecule has 1 saturated heterocycles. The van der Waals surface area contributed by atoms with E-state index >= 15 is 0 Å². The second kappa shape index (κ2) is 5.17. The molecule has 2 fully saturated rings. The number of hydrogen-bond acceptors (Lipinski definition) is 2. The van der Waals surface area contributed by atoms with Gasteiger partial charge in [0.2, 0.25) is 5.91 Å². The maximum absolute atomic E-state index is 13.0. The van der Waals surface area contributed by atoms with E-state index in [2.05, 4.69) is 11.8 Å². The molecule has 0 aromatic heterocycles. The van der Waals surface area contributed by atoms with Crippen molar-refractivity contribution in [3.63, 3.8) is 0 Å². The van der Waals surface area contributed by atoms with E-state index in [1.807, 2.05) is 4.90 Å². The largest absolute Gasteiger partial charge is 0.339 e. The lowest BCUT2D eigenvalue weighted by atomic mass is 9.94. The zero-order valence-electron chi connectivity index (χ0n) is 11.9. The molecule has 1 saturated carbocycles. The standard InChI is InChI=1S/C16H21FN2O/c1-2-18-9-11-19(12-10-18)15(20)16(7-8-16)13-3-5-14(17)6-4-13/h3-6H,2,7-12H2,1H3. The summed E-state index contributed by atoms with van der Waals surface area (Å²) >= 11 is 0. The molecule has 20 heavy (non-hydrogen) atoms. The van der Waals surface area contributed by atoms with Crippen LogP contribution in [0, 0.1) is 5.82 Å². The highest BCUT2D eigenvalue weighted by Gasteiger charge is 2.53. The fraction of sp³-hybridized carbons (Fsp3) is 0.562. The number of carbonyl (C=O) groups excluding carboxylic acids is 1. The summed E-state index contributed by atoms with van der Waals surface area (Å²) in [6, 6.07) is 6.44. The summed E-state index contributed by atoms with van der Waals surface area (Å²) in [5, 5.41) is 0. The fourth-order valence-electron chi connectivity index (χ4n) is 3.09. The zero-order chi connectivity index (χ0) is 14.2. The number of benzene rings is 1. The van der Waals surface area contributed by atoms with Crippen molar-refractivity contribution in [2.45, 2.75) is 25.2 Å². The van der Waals surface area contributed by atoms with E-state index in [4.69, 9.17) is 0 Å². The highest BCUT2D eigenvalue weighted by atomic mass is 19.1. The van der Waals surface area contributed by atoms with Gasteiger partial charge in [0, 0.05) is 26.2 Å². The van der Waals surface area contributed by atoms with E-state index < -0.39 is 0 Å². The molecule has 3 rings (SSSR count). The first-order chi connectivity index (χ1) is 9.65. The van der Waals surface area contributed by atoms with Crippen LogP contribution in [0.15, 0.2) is 24.3 Å². The van der Waals surface area contributed by atoms with Gasteiger partial charge in [0.05, 0.1) is 5.41 Å². The molecule has 108 valence electrons. The molecule has 2 aliphatic rings. The topological polar surface area (TPSA) is 23.6 Å². The third-order valence-electron chi connectivity index (χ3n) is 4.66. The van der Waals surface area contributed by atoms with Gasteiger partial charge < -0.3 is 9.80 Å². The molecular weight excluding hydrogens is 255 g/mol. The Morgan fingerprint density at radius 3 is 2.25 bits per heavy atom. The predicted molar refractivity (Wildman–Crippen MR) is 76.0 cm³/mol. The van der Waals surface area contributed by atoms with Crippen LogP contribution in [0.4, 0.5) is 4.39 Å². The maximum Gasteiger partial charge on any atom is 0.233 e. The monoisotopic (exact) mass is 276 g/mol. The molecule has 3 nitrogen and oxygen atoms in total. The van der Waals surface area contributed by atoms with Gasteiger partial charge in [-0.3, -0.25) is 4.79 Å². The van der Waals surface area contributed by atoms with Crippen LogP contribution in [-0.2, 0) is 10.2 Å². The fourth-order valence-corrected chi connectivity index (χ4v) is 3.09. The lowest BCUT2D eigenvalue weighted by Crippen LogP contribution is -2.51. The Bertz CT molecular complexity index is 488. The van der Waals surface area contributed by atoms with Gasteiger partial charge >= 0.3 is 0 Å². The lowest BCUT2D eigenvalue weighted by Gasteiger charge is -2.36. The van der Waals surface area contributed by atoms with Crippen LogP contribution < -0.4 is 0 Å². The molecule has 1 aromatic carbocycles. The van der Waals surface area contributed by atoms with Gasteiger partial charge in [0.15, 0.2) is 0 Å². The second-order valence-electron chi connectivity index (χ2n) is 5.82. The Kier molecular flexibility index (Phi) is 3.50. The number of nitrogens with zero attached hydrogens (tertiary/aromatic N) is 2. The molecule has 4 heteroatoms. The number of hydrogen-bond donors (Lipinski definition) is 0. The van der Waals surface area contributed by atoms with Crippen LogP contribution in [-0.4, -0.2) is 48.4 Å². The van der Waals surface area contributed by atoms with E-state index in [9.17, 15) is 9.18 Å². The second-order valence-corrected chi connectivity index (χ2v) is 5.82. The first-order valence-corrected chi connectivity index (χ1v) is 7.43. The van der Waals surface area contributed by atoms with Crippen molar-refractivity contribution < 1.29 is 9.18 Å². The van der Waals surface area contributed by atoms with Crippen LogP contribution in [0.3, 0.4) is 0 Å². The predicted octanol–water partition coefficient (Wildman–Crippen LogP) is 2.02. The van der Waals surface area contributed by atoms with Crippen molar-refractivity contribution >= 4 is 5.91 Å². The quantitative estimate of drug-likeness (QED) is 0.843. The first kappa shape index (κ1) is 13.6. The Hall–Kier alpha value is -1.42. The first-order valence-electron chi connectivity index (χ1n) is 7.43. The summed E-state index contributed by atoms with van der Waals surface area (Å²) in [7, 11) is 0. The van der Waals surface area contributed by atoms with Crippen LogP contribution in [0.2, 0.25) is 0 Å². The van der Waals surface area contributed by atoms with Crippen molar-refractivity contribution in [1.29, 1.82) is 0 Å². The lowest BCUT2D eigenvalue weighted by molar-refractivity contribution is -0.135. The molecule has 0 unspecified atom stereocenters. The zero-order valence-corrected chi connectivity index (χ0v) is 11.9. The van der Waals surface area contributed by atoms with E-state index in [0.717, 1.165) is 51.1 Å². The Balaban J connectivity index is 1.72. The summed E-state index contributed by atoms with van der Waals surface area (Å²) in [4.78, 5) is 17.1. The highest BCUT2D eigenvalue weighted by Crippen LogP contribution is 2.49. The summed E-state index contributed by atoms with van der Waals surface area (Å²) < 4.78 is 13.0. The van der Waals surface area contributed by atoms with Gasteiger partial charge in [-0.1, -0.05) is 19.1 Å². The summed E-state index contributed by atoms with van der Waals surface area (Å²) in [5.41, 5.74) is 0.615. The summed E-state index contributed by atoms with van der Waals surface area (Å²) in [6.45, 7) is 6.75. The number of likely N-dealkylation sites (N-methyl/N-ethyl adjacent to an activating group) is 1. The van der Waals surface area contributed by atoms with E-state index in [1.54, 1.807) is 12.1 Å². The molecule has 1 aromatic rings. The number of amides is 1. The molecule has 0 radical (unpaired) electrons. The van der Waals surface area contributed by atoms with Gasteiger partial charge in [-0.25, -0.2) is 4.39 Å². The van der Waals surface area contributed by atoms with Crippen molar-refractivity contribution in [1.82, 2.24) is 9.80 Å². The molecule has 0 spiro atoms. The molecule has 1 amide bonds. The average molecular weight is 276 g/mol. The number of piperazine rings is 1. The highest BCUT2D eigenvalue weighted by molar-refractivity contribution is 5.91.